The number of nitrogens with zero attached hydrogens (tertiary/aromatic N) is 1. The van der Waals surface area contributed by atoms with Crippen LogP contribution in [0, 0.1) is 5.82 Å². The maximum atomic E-state index is 14.2. The van der Waals surface area contributed by atoms with Crippen molar-refractivity contribution in [1.82, 2.24) is 5.16 Å². The molecule has 29 heavy (non-hydrogen) atoms. The van der Waals surface area contributed by atoms with Crippen LogP contribution in [0.1, 0.15) is 5.76 Å². The fraction of sp³-hybridized carbons (Fsp3) is 0.118. The number of hydrogen-bond acceptors (Lipinski definition) is 5. The van der Waals surface area contributed by atoms with E-state index in [-0.39, 0.29) is 28.1 Å². The molecule has 0 atom stereocenters. The van der Waals surface area contributed by atoms with Gasteiger partial charge in [-0.05, 0) is 29.8 Å². The van der Waals surface area contributed by atoms with Crippen molar-refractivity contribution < 1.29 is 39.6 Å². The molecular formula is C17H11F5N2O4S. The molecule has 154 valence electrons. The first-order valence-electron chi connectivity index (χ1n) is 7.73. The van der Waals surface area contributed by atoms with Crippen LogP contribution in [0.5, 0.6) is 5.75 Å². The van der Waals surface area contributed by atoms with Gasteiger partial charge in [0.1, 0.15) is 22.2 Å². The maximum Gasteiger partial charge on any atom is 0.573 e. The smallest absolute Gasteiger partial charge is 0.406 e. The predicted molar refractivity (Wildman–Crippen MR) is 90.2 cm³/mol. The molecule has 3 aromatic rings. The summed E-state index contributed by atoms with van der Waals surface area (Å²) in [5.74, 6) is -2.08. The molecule has 0 aliphatic rings. The Hall–Kier alpha value is -2.99. The van der Waals surface area contributed by atoms with Gasteiger partial charge in [0.05, 0.1) is 5.56 Å². The lowest BCUT2D eigenvalue weighted by atomic mass is 9.99. The van der Waals surface area contributed by atoms with E-state index in [0.717, 1.165) is 30.3 Å². The fourth-order valence-electron chi connectivity index (χ4n) is 2.64. The third-order valence-electron chi connectivity index (χ3n) is 3.75. The van der Waals surface area contributed by atoms with Gasteiger partial charge < -0.3 is 9.26 Å². The average Bonchev–Trinajstić information content (AvgIpc) is 3.03. The molecule has 0 bridgehead atoms. The van der Waals surface area contributed by atoms with Crippen molar-refractivity contribution in [2.24, 2.45) is 5.14 Å². The van der Waals surface area contributed by atoms with Crippen molar-refractivity contribution in [2.75, 3.05) is 0 Å². The summed E-state index contributed by atoms with van der Waals surface area (Å²) < 4.78 is 96.3. The van der Waals surface area contributed by atoms with Gasteiger partial charge in [0.15, 0.2) is 12.4 Å². The van der Waals surface area contributed by atoms with E-state index < -0.39 is 39.5 Å². The SMILES string of the molecule is NS(=O)(=O)c1ccc(-c2c(-c3cccc(OC(F)(F)F)c3)noc2CF)cc1F. The van der Waals surface area contributed by atoms with Crippen LogP contribution >= 0.6 is 0 Å². The van der Waals surface area contributed by atoms with E-state index in [2.05, 4.69) is 9.89 Å². The zero-order valence-electron chi connectivity index (χ0n) is 14.2. The normalized spacial score (nSPS) is 12.2. The molecule has 0 saturated heterocycles. The molecule has 12 heteroatoms. The number of benzene rings is 2. The number of rotatable bonds is 5. The van der Waals surface area contributed by atoms with Gasteiger partial charge in [-0.25, -0.2) is 22.3 Å². The summed E-state index contributed by atoms with van der Waals surface area (Å²) in [5.41, 5.74) is -0.0911. The van der Waals surface area contributed by atoms with Crippen LogP contribution in [0.2, 0.25) is 0 Å². The molecule has 2 N–H and O–H groups in total. The Morgan fingerprint density at radius 3 is 2.41 bits per heavy atom. The predicted octanol–water partition coefficient (Wildman–Crippen LogP) is 4.16. The first-order valence-corrected chi connectivity index (χ1v) is 9.27. The quantitative estimate of drug-likeness (QED) is 0.609. The average molecular weight is 434 g/mol. The molecule has 1 aromatic heterocycles. The third-order valence-corrected chi connectivity index (χ3v) is 4.70. The van der Waals surface area contributed by atoms with E-state index in [1.165, 1.54) is 12.1 Å². The summed E-state index contributed by atoms with van der Waals surface area (Å²) in [5, 5.41) is 8.56. The zero-order valence-corrected chi connectivity index (χ0v) is 15.0. The van der Waals surface area contributed by atoms with Crippen LogP contribution in [0.25, 0.3) is 22.4 Å². The van der Waals surface area contributed by atoms with Crippen LogP contribution < -0.4 is 9.88 Å². The number of hydrogen-bond donors (Lipinski definition) is 1. The topological polar surface area (TPSA) is 95.4 Å². The van der Waals surface area contributed by atoms with E-state index in [0.29, 0.717) is 0 Å². The Kier molecular flexibility index (Phi) is 5.32. The molecule has 2 aromatic carbocycles. The number of alkyl halides is 4. The van der Waals surface area contributed by atoms with Gasteiger partial charge in [-0.3, -0.25) is 0 Å². The third kappa shape index (κ3) is 4.54. The fourth-order valence-corrected chi connectivity index (χ4v) is 3.23. The Bertz CT molecular complexity index is 1160. The van der Waals surface area contributed by atoms with Gasteiger partial charge in [-0.15, -0.1) is 13.2 Å². The molecule has 0 saturated carbocycles. The van der Waals surface area contributed by atoms with Gasteiger partial charge in [0, 0.05) is 5.56 Å². The van der Waals surface area contributed by atoms with E-state index in [1.54, 1.807) is 0 Å². The molecular weight excluding hydrogens is 423 g/mol. The first-order chi connectivity index (χ1) is 13.5. The van der Waals surface area contributed by atoms with Crippen LogP contribution in [-0.2, 0) is 16.7 Å². The van der Waals surface area contributed by atoms with E-state index >= 15 is 0 Å². The van der Waals surface area contributed by atoms with Gasteiger partial charge in [0.2, 0.25) is 10.0 Å². The molecule has 0 spiro atoms. The number of sulfonamides is 1. The number of aromatic nitrogens is 1. The molecule has 3 rings (SSSR count). The van der Waals surface area contributed by atoms with Crippen molar-refractivity contribution in [2.45, 2.75) is 17.9 Å². The molecule has 6 nitrogen and oxygen atoms in total. The van der Waals surface area contributed by atoms with Gasteiger partial charge in [0.25, 0.3) is 0 Å². The van der Waals surface area contributed by atoms with Crippen molar-refractivity contribution in [1.29, 1.82) is 0 Å². The molecule has 0 radical (unpaired) electrons. The Labute approximate surface area is 160 Å². The molecule has 1 heterocycles. The Morgan fingerprint density at radius 1 is 1.10 bits per heavy atom. The molecule has 0 aliphatic carbocycles. The number of ether oxygens (including phenoxy) is 1. The second-order valence-corrected chi connectivity index (χ2v) is 7.26. The van der Waals surface area contributed by atoms with Gasteiger partial charge in [-0.1, -0.05) is 23.4 Å². The van der Waals surface area contributed by atoms with Crippen LogP contribution in [0.4, 0.5) is 22.0 Å². The van der Waals surface area contributed by atoms with Crippen LogP contribution in [0.15, 0.2) is 51.9 Å². The summed E-state index contributed by atoms with van der Waals surface area (Å²) in [4.78, 5) is -0.776. The van der Waals surface area contributed by atoms with Crippen molar-refractivity contribution in [3.8, 4) is 28.1 Å². The van der Waals surface area contributed by atoms with Crippen LogP contribution in [0.3, 0.4) is 0 Å². The number of primary sulfonamides is 1. The highest BCUT2D eigenvalue weighted by Crippen LogP contribution is 2.37. The van der Waals surface area contributed by atoms with Crippen molar-refractivity contribution >= 4 is 10.0 Å². The standard InChI is InChI=1S/C17H11F5N2O4S/c18-8-13-15(9-4-5-14(12(19)7-9)29(23,25)26)16(24-28-13)10-2-1-3-11(6-10)27-17(20,21)22/h1-7H,8H2,(H2,23,25,26). The van der Waals surface area contributed by atoms with E-state index in [1.807, 2.05) is 0 Å². The second-order valence-electron chi connectivity index (χ2n) is 5.73. The number of nitrogens with two attached hydrogens (primary N) is 1. The minimum absolute atomic E-state index is 0.0130. The van der Waals surface area contributed by atoms with E-state index in [9.17, 15) is 30.4 Å². The number of halogens is 5. The lowest BCUT2D eigenvalue weighted by molar-refractivity contribution is -0.274. The second kappa shape index (κ2) is 7.44. The van der Waals surface area contributed by atoms with Crippen LogP contribution in [-0.4, -0.2) is 19.9 Å². The molecule has 0 aliphatic heterocycles. The highest BCUT2D eigenvalue weighted by atomic mass is 32.2. The Morgan fingerprint density at radius 2 is 1.83 bits per heavy atom. The highest BCUT2D eigenvalue weighted by Gasteiger charge is 2.31. The zero-order chi connectivity index (χ0) is 21.4. The minimum atomic E-state index is -4.93. The molecule has 0 fully saturated rings. The lowest BCUT2D eigenvalue weighted by Crippen LogP contribution is -2.17. The Balaban J connectivity index is 2.13. The summed E-state index contributed by atoms with van der Waals surface area (Å²) in [6.45, 7) is -1.15. The van der Waals surface area contributed by atoms with Crippen molar-refractivity contribution in [3.63, 3.8) is 0 Å². The van der Waals surface area contributed by atoms with Crippen molar-refractivity contribution in [3.05, 3.63) is 54.0 Å². The highest BCUT2D eigenvalue weighted by molar-refractivity contribution is 7.89. The van der Waals surface area contributed by atoms with Gasteiger partial charge >= 0.3 is 6.36 Å². The monoisotopic (exact) mass is 434 g/mol. The van der Waals surface area contributed by atoms with Gasteiger partial charge in [-0.2, -0.15) is 0 Å². The summed E-state index contributed by atoms with van der Waals surface area (Å²) >= 11 is 0. The van der Waals surface area contributed by atoms with E-state index in [4.69, 9.17) is 9.66 Å². The summed E-state index contributed by atoms with van der Waals surface area (Å²) in [6, 6.07) is 7.46. The summed E-state index contributed by atoms with van der Waals surface area (Å²) in [6.07, 6.45) is -4.93. The molecule has 0 unspecified atom stereocenters. The minimum Gasteiger partial charge on any atom is -0.406 e. The lowest BCUT2D eigenvalue weighted by Gasteiger charge is -2.10. The first kappa shape index (κ1) is 20.7. The summed E-state index contributed by atoms with van der Waals surface area (Å²) in [7, 11) is -4.33. The maximum absolute atomic E-state index is 14.2. The molecule has 0 amide bonds. The largest absolute Gasteiger partial charge is 0.573 e.